The van der Waals surface area contributed by atoms with Crippen LogP contribution in [0.4, 0.5) is 17.2 Å². The van der Waals surface area contributed by atoms with Crippen molar-refractivity contribution in [3.8, 4) is 5.82 Å². The molecule has 1 amide bonds. The summed E-state index contributed by atoms with van der Waals surface area (Å²) in [5, 5.41) is 14.1. The fourth-order valence-electron chi connectivity index (χ4n) is 2.85. The number of aromatic nitrogens is 5. The molecule has 0 fully saturated rings. The van der Waals surface area contributed by atoms with Crippen molar-refractivity contribution in [3.63, 3.8) is 0 Å². The van der Waals surface area contributed by atoms with Gasteiger partial charge in [0.15, 0.2) is 5.82 Å². The summed E-state index contributed by atoms with van der Waals surface area (Å²) in [6, 6.07) is 11.0. The lowest BCUT2D eigenvalue weighted by atomic mass is 10.1. The number of rotatable bonds is 6. The Hall–Kier alpha value is -4.01. The minimum atomic E-state index is -0.125. The van der Waals surface area contributed by atoms with Crippen LogP contribution in [0.3, 0.4) is 0 Å². The third-order valence-electron chi connectivity index (χ3n) is 4.35. The smallest absolute Gasteiger partial charge is 0.228 e. The van der Waals surface area contributed by atoms with E-state index in [-0.39, 0.29) is 12.3 Å². The molecule has 4 rings (SSSR count). The van der Waals surface area contributed by atoms with E-state index in [1.54, 1.807) is 23.9 Å². The number of nitrogens with one attached hydrogen (secondary N) is 2. The Labute approximate surface area is 166 Å². The quantitative estimate of drug-likeness (QED) is 0.521. The largest absolute Gasteiger partial charge is 0.361 e. The lowest BCUT2D eigenvalue weighted by molar-refractivity contribution is -0.115. The average Bonchev–Trinajstić information content (AvgIpc) is 3.36. The Morgan fingerprint density at radius 3 is 2.62 bits per heavy atom. The lowest BCUT2D eigenvalue weighted by Gasteiger charge is -2.09. The van der Waals surface area contributed by atoms with Gasteiger partial charge in [0.05, 0.1) is 12.1 Å². The third-order valence-corrected chi connectivity index (χ3v) is 4.35. The van der Waals surface area contributed by atoms with Crippen LogP contribution in [-0.4, -0.2) is 30.8 Å². The van der Waals surface area contributed by atoms with Crippen molar-refractivity contribution in [1.29, 1.82) is 0 Å². The van der Waals surface area contributed by atoms with Gasteiger partial charge in [0.25, 0.3) is 0 Å². The molecule has 9 nitrogen and oxygen atoms in total. The molecule has 0 radical (unpaired) electrons. The number of anilines is 3. The summed E-state index contributed by atoms with van der Waals surface area (Å²) >= 11 is 0. The van der Waals surface area contributed by atoms with Crippen LogP contribution in [0, 0.1) is 13.8 Å². The standard InChI is InChI=1S/C20H19N7O2/c1-13-17(14(2)29-26-13)10-20(28)25-16-6-4-15(5-7-16)24-18-11-19(22-12-21-18)27-9-3-8-23-27/h3-9,11-12H,10H2,1-2H3,(H,25,28)(H,21,22,24). The number of nitrogens with zero attached hydrogens (tertiary/aromatic N) is 5. The Balaban J connectivity index is 1.39. The molecule has 3 heterocycles. The zero-order chi connectivity index (χ0) is 20.2. The Kier molecular flexibility index (Phi) is 5.02. The third kappa shape index (κ3) is 4.29. The fourth-order valence-corrected chi connectivity index (χ4v) is 2.85. The van der Waals surface area contributed by atoms with E-state index in [1.165, 1.54) is 6.33 Å². The van der Waals surface area contributed by atoms with Crippen molar-refractivity contribution in [2.75, 3.05) is 10.6 Å². The van der Waals surface area contributed by atoms with Gasteiger partial charge in [-0.3, -0.25) is 4.79 Å². The molecule has 1 aromatic carbocycles. The van der Waals surface area contributed by atoms with E-state index in [0.717, 1.165) is 16.9 Å². The number of benzene rings is 1. The van der Waals surface area contributed by atoms with Gasteiger partial charge in [0.2, 0.25) is 5.91 Å². The number of carbonyl (C=O) groups excluding carboxylic acids is 1. The highest BCUT2D eigenvalue weighted by atomic mass is 16.5. The Bertz CT molecular complexity index is 1100. The monoisotopic (exact) mass is 389 g/mol. The molecule has 2 N–H and O–H groups in total. The minimum absolute atomic E-state index is 0.125. The van der Waals surface area contributed by atoms with E-state index in [4.69, 9.17) is 4.52 Å². The van der Waals surface area contributed by atoms with E-state index in [1.807, 2.05) is 43.5 Å². The lowest BCUT2D eigenvalue weighted by Crippen LogP contribution is -2.15. The van der Waals surface area contributed by atoms with E-state index in [0.29, 0.717) is 23.1 Å². The molecule has 9 heteroatoms. The maximum Gasteiger partial charge on any atom is 0.228 e. The molecule has 0 aliphatic rings. The SMILES string of the molecule is Cc1noc(C)c1CC(=O)Nc1ccc(Nc2cc(-n3cccn3)ncn2)cc1. The summed E-state index contributed by atoms with van der Waals surface area (Å²) in [4.78, 5) is 20.7. The van der Waals surface area contributed by atoms with Crippen molar-refractivity contribution in [2.45, 2.75) is 20.3 Å². The molecule has 0 saturated carbocycles. The van der Waals surface area contributed by atoms with Crippen LogP contribution in [0.15, 0.2) is 59.6 Å². The Morgan fingerprint density at radius 2 is 1.93 bits per heavy atom. The maximum atomic E-state index is 12.3. The molecule has 0 aliphatic heterocycles. The molecule has 29 heavy (non-hydrogen) atoms. The van der Waals surface area contributed by atoms with Crippen LogP contribution in [0.5, 0.6) is 0 Å². The van der Waals surface area contributed by atoms with Crippen LogP contribution in [0.25, 0.3) is 5.82 Å². The molecule has 4 aromatic rings. The average molecular weight is 389 g/mol. The van der Waals surface area contributed by atoms with Gasteiger partial charge < -0.3 is 15.2 Å². The molecule has 0 bridgehead atoms. The summed E-state index contributed by atoms with van der Waals surface area (Å²) in [7, 11) is 0. The topological polar surface area (TPSA) is 111 Å². The Morgan fingerprint density at radius 1 is 1.14 bits per heavy atom. The highest BCUT2D eigenvalue weighted by molar-refractivity contribution is 5.92. The second-order valence-corrected chi connectivity index (χ2v) is 6.44. The summed E-state index contributed by atoms with van der Waals surface area (Å²) in [6.45, 7) is 3.62. The van der Waals surface area contributed by atoms with Gasteiger partial charge in [0, 0.05) is 35.4 Å². The van der Waals surface area contributed by atoms with Gasteiger partial charge in [-0.15, -0.1) is 0 Å². The fraction of sp³-hybridized carbons (Fsp3) is 0.150. The first-order valence-electron chi connectivity index (χ1n) is 8.99. The van der Waals surface area contributed by atoms with Crippen LogP contribution >= 0.6 is 0 Å². The molecule has 0 aliphatic carbocycles. The van der Waals surface area contributed by atoms with Gasteiger partial charge in [0.1, 0.15) is 17.9 Å². The normalized spacial score (nSPS) is 10.7. The van der Waals surface area contributed by atoms with Crippen molar-refractivity contribution < 1.29 is 9.32 Å². The van der Waals surface area contributed by atoms with E-state index in [9.17, 15) is 4.79 Å². The van der Waals surface area contributed by atoms with E-state index >= 15 is 0 Å². The molecule has 3 aromatic heterocycles. The second-order valence-electron chi connectivity index (χ2n) is 6.44. The second kappa shape index (κ2) is 7.93. The number of hydrogen-bond donors (Lipinski definition) is 2. The van der Waals surface area contributed by atoms with Gasteiger partial charge in [-0.25, -0.2) is 14.6 Å². The summed E-state index contributed by atoms with van der Waals surface area (Å²) < 4.78 is 6.75. The van der Waals surface area contributed by atoms with E-state index in [2.05, 4.69) is 30.9 Å². The first kappa shape index (κ1) is 18.4. The van der Waals surface area contributed by atoms with Gasteiger partial charge in [-0.1, -0.05) is 5.16 Å². The van der Waals surface area contributed by atoms with Crippen molar-refractivity contribution >= 4 is 23.1 Å². The van der Waals surface area contributed by atoms with Crippen LogP contribution in [0.1, 0.15) is 17.0 Å². The number of carbonyl (C=O) groups is 1. The summed E-state index contributed by atoms with van der Waals surface area (Å²) in [5.41, 5.74) is 3.08. The van der Waals surface area contributed by atoms with Crippen molar-refractivity contribution in [3.05, 3.63) is 72.1 Å². The van der Waals surface area contributed by atoms with Gasteiger partial charge in [-0.05, 0) is 44.2 Å². The molecular weight excluding hydrogens is 370 g/mol. The highest BCUT2D eigenvalue weighted by Gasteiger charge is 2.13. The zero-order valence-corrected chi connectivity index (χ0v) is 16.0. The zero-order valence-electron chi connectivity index (χ0n) is 16.0. The molecule has 0 spiro atoms. The van der Waals surface area contributed by atoms with Gasteiger partial charge in [-0.2, -0.15) is 5.10 Å². The van der Waals surface area contributed by atoms with Crippen LogP contribution < -0.4 is 10.6 Å². The molecule has 0 saturated heterocycles. The molecule has 0 unspecified atom stereocenters. The predicted octanol–water partition coefficient (Wildman–Crippen LogP) is 3.19. The number of amides is 1. The first-order chi connectivity index (χ1) is 14.1. The summed E-state index contributed by atoms with van der Waals surface area (Å²) in [6.07, 6.45) is 5.20. The minimum Gasteiger partial charge on any atom is -0.361 e. The molecule has 0 atom stereocenters. The number of hydrogen-bond acceptors (Lipinski definition) is 7. The number of aryl methyl sites for hydroxylation is 2. The molecule has 146 valence electrons. The molecular formula is C20H19N7O2. The van der Waals surface area contributed by atoms with Crippen LogP contribution in [-0.2, 0) is 11.2 Å². The summed E-state index contributed by atoms with van der Waals surface area (Å²) in [5.74, 6) is 1.84. The van der Waals surface area contributed by atoms with E-state index < -0.39 is 0 Å². The highest BCUT2D eigenvalue weighted by Crippen LogP contribution is 2.19. The van der Waals surface area contributed by atoms with Crippen molar-refractivity contribution in [2.24, 2.45) is 0 Å². The van der Waals surface area contributed by atoms with Gasteiger partial charge >= 0.3 is 0 Å². The first-order valence-corrected chi connectivity index (χ1v) is 8.99. The maximum absolute atomic E-state index is 12.3. The van der Waals surface area contributed by atoms with Crippen molar-refractivity contribution in [1.82, 2.24) is 24.9 Å². The predicted molar refractivity (Wildman–Crippen MR) is 107 cm³/mol. The van der Waals surface area contributed by atoms with Crippen LogP contribution in [0.2, 0.25) is 0 Å².